The average molecular weight is 135 g/mol. The van der Waals surface area contributed by atoms with Gasteiger partial charge in [-0.25, -0.2) is 0 Å². The molecule has 1 nitrogen and oxygen atoms in total. The molecule has 0 aliphatic carbocycles. The summed E-state index contributed by atoms with van der Waals surface area (Å²) in [4.78, 5) is 0. The Labute approximate surface area is 77.1 Å². The van der Waals surface area contributed by atoms with Gasteiger partial charge in [0.05, 0.1) is 0 Å². The van der Waals surface area contributed by atoms with E-state index in [0.29, 0.717) is 0 Å². The molecule has 2 heteroatoms. The van der Waals surface area contributed by atoms with Crippen LogP contribution in [-0.4, -0.2) is 13.1 Å². The zero-order valence-electron chi connectivity index (χ0n) is 8.02. The first-order valence-electron chi connectivity index (χ1n) is 3.76. The minimum atomic E-state index is 0. The molecule has 0 fully saturated rings. The van der Waals surface area contributed by atoms with Gasteiger partial charge in [0.1, 0.15) is 0 Å². The Balaban J connectivity index is 0. The molecule has 0 radical (unpaired) electrons. The molecule has 0 aliphatic heterocycles. The first-order chi connectivity index (χ1) is 4.13. The molecule has 0 aromatic rings. The molecule has 0 aromatic heterocycles. The van der Waals surface area contributed by atoms with Crippen LogP contribution < -0.4 is 18.9 Å². The van der Waals surface area contributed by atoms with Gasteiger partial charge in [0, 0.05) is 0 Å². The van der Waals surface area contributed by atoms with Crippen LogP contribution in [0.2, 0.25) is 0 Å². The molecular formula is C8H18LiN. The van der Waals surface area contributed by atoms with Crippen molar-refractivity contribution < 1.29 is 18.9 Å². The fourth-order valence-electron chi connectivity index (χ4n) is 0.591. The zero-order chi connectivity index (χ0) is 7.28. The molecule has 0 saturated heterocycles. The largest absolute Gasteiger partial charge is 1.00 e. The third-order valence-corrected chi connectivity index (χ3v) is 0.988. The molecule has 0 saturated carbocycles. The van der Waals surface area contributed by atoms with Crippen LogP contribution in [0.5, 0.6) is 0 Å². The van der Waals surface area contributed by atoms with Crippen LogP contribution in [0.25, 0.3) is 5.32 Å². The summed E-state index contributed by atoms with van der Waals surface area (Å²) < 4.78 is 0. The maximum atomic E-state index is 4.37. The van der Waals surface area contributed by atoms with Crippen molar-refractivity contribution in [3.63, 3.8) is 0 Å². The molecule has 0 rings (SSSR count). The van der Waals surface area contributed by atoms with Crippen molar-refractivity contribution in [3.8, 4) is 0 Å². The van der Waals surface area contributed by atoms with Crippen molar-refractivity contribution in [2.45, 2.75) is 27.7 Å². The number of hydrogen-bond acceptors (Lipinski definition) is 0. The monoisotopic (exact) mass is 135 g/mol. The van der Waals surface area contributed by atoms with Gasteiger partial charge in [-0.3, -0.25) is 0 Å². The Morgan fingerprint density at radius 3 is 1.40 bits per heavy atom. The van der Waals surface area contributed by atoms with E-state index in [2.05, 4.69) is 33.0 Å². The fraction of sp³-hybridized carbons (Fsp3) is 1.00. The number of nitrogens with zero attached hydrogens (tertiary/aromatic N) is 1. The topological polar surface area (TPSA) is 14.1 Å². The van der Waals surface area contributed by atoms with Crippen molar-refractivity contribution in [2.24, 2.45) is 11.8 Å². The van der Waals surface area contributed by atoms with Crippen molar-refractivity contribution in [1.29, 1.82) is 0 Å². The molecule has 0 bridgehead atoms. The van der Waals surface area contributed by atoms with Crippen LogP contribution in [0.3, 0.4) is 0 Å². The van der Waals surface area contributed by atoms with Crippen molar-refractivity contribution >= 4 is 0 Å². The van der Waals surface area contributed by atoms with E-state index in [9.17, 15) is 0 Å². The first kappa shape index (κ1) is 13.2. The standard InChI is InChI=1S/C8H18N.Li/c1-7(2)5-9-6-8(3)4;/h7-8H,5-6H2,1-4H3;/q-1;+1. The third kappa shape index (κ3) is 11.4. The maximum Gasteiger partial charge on any atom is 1.00 e. The van der Waals surface area contributed by atoms with Gasteiger partial charge >= 0.3 is 18.9 Å². The minimum Gasteiger partial charge on any atom is -0.662 e. The van der Waals surface area contributed by atoms with Gasteiger partial charge in [-0.2, -0.15) is 0 Å². The zero-order valence-corrected chi connectivity index (χ0v) is 8.02. The molecule has 0 N–H and O–H groups in total. The summed E-state index contributed by atoms with van der Waals surface area (Å²) in [5.74, 6) is 1.45. The molecule has 0 aliphatic rings. The second kappa shape index (κ2) is 7.66. The Kier molecular flexibility index (Phi) is 10.1. The van der Waals surface area contributed by atoms with Crippen LogP contribution in [0.15, 0.2) is 0 Å². The first-order valence-corrected chi connectivity index (χ1v) is 3.76. The van der Waals surface area contributed by atoms with E-state index in [4.69, 9.17) is 0 Å². The van der Waals surface area contributed by atoms with E-state index in [0.717, 1.165) is 24.9 Å². The number of hydrogen-bond donors (Lipinski definition) is 0. The summed E-state index contributed by atoms with van der Waals surface area (Å²) in [7, 11) is 0. The Hall–Kier alpha value is 0.557. The van der Waals surface area contributed by atoms with E-state index in [1.165, 1.54) is 0 Å². The SMILES string of the molecule is CC(C)C[N-]CC(C)C.[Li+]. The van der Waals surface area contributed by atoms with Crippen LogP contribution in [-0.2, 0) is 0 Å². The molecule has 56 valence electrons. The van der Waals surface area contributed by atoms with E-state index in [1.54, 1.807) is 0 Å². The van der Waals surface area contributed by atoms with Crippen LogP contribution in [0.4, 0.5) is 0 Å². The molecule has 0 heterocycles. The van der Waals surface area contributed by atoms with Gasteiger partial charge < -0.3 is 5.32 Å². The Bertz CT molecular complexity index is 54.3. The summed E-state index contributed by atoms with van der Waals surface area (Å²) in [5, 5.41) is 4.37. The normalized spacial score (nSPS) is 10.2. The van der Waals surface area contributed by atoms with Crippen LogP contribution >= 0.6 is 0 Å². The Morgan fingerprint density at radius 2 is 1.20 bits per heavy atom. The van der Waals surface area contributed by atoms with Crippen molar-refractivity contribution in [2.75, 3.05) is 13.1 Å². The quantitative estimate of drug-likeness (QED) is 0.469. The van der Waals surface area contributed by atoms with E-state index in [1.807, 2.05) is 0 Å². The van der Waals surface area contributed by atoms with E-state index < -0.39 is 0 Å². The third-order valence-electron chi connectivity index (χ3n) is 0.988. The van der Waals surface area contributed by atoms with Crippen LogP contribution in [0.1, 0.15) is 27.7 Å². The van der Waals surface area contributed by atoms with Gasteiger partial charge in [0.25, 0.3) is 0 Å². The summed E-state index contributed by atoms with van der Waals surface area (Å²) in [6.45, 7) is 10.8. The second-order valence-electron chi connectivity index (χ2n) is 3.38. The fourth-order valence-corrected chi connectivity index (χ4v) is 0.591. The molecule has 0 atom stereocenters. The van der Waals surface area contributed by atoms with Crippen molar-refractivity contribution in [1.82, 2.24) is 0 Å². The summed E-state index contributed by atoms with van der Waals surface area (Å²) in [5.41, 5.74) is 0. The minimum absolute atomic E-state index is 0. The number of rotatable bonds is 4. The molecule has 0 aromatic carbocycles. The van der Waals surface area contributed by atoms with Crippen molar-refractivity contribution in [3.05, 3.63) is 5.32 Å². The summed E-state index contributed by atoms with van der Waals surface area (Å²) in [6, 6.07) is 0. The average Bonchev–Trinajstić information content (AvgIpc) is 1.63. The molecule has 10 heavy (non-hydrogen) atoms. The van der Waals surface area contributed by atoms with Gasteiger partial charge in [-0.05, 0) is 0 Å². The predicted octanol–water partition coefficient (Wildman–Crippen LogP) is -0.324. The molecular weight excluding hydrogens is 117 g/mol. The van der Waals surface area contributed by atoms with Gasteiger partial charge in [0.15, 0.2) is 0 Å². The Morgan fingerprint density at radius 1 is 0.900 bits per heavy atom. The van der Waals surface area contributed by atoms with Gasteiger partial charge in [-0.1, -0.05) is 39.5 Å². The molecule has 0 spiro atoms. The van der Waals surface area contributed by atoms with Gasteiger partial charge in [-0.15, -0.1) is 13.1 Å². The van der Waals surface area contributed by atoms with Crippen LogP contribution in [0, 0.1) is 11.8 Å². The molecule has 0 amide bonds. The molecule has 0 unspecified atom stereocenters. The van der Waals surface area contributed by atoms with E-state index >= 15 is 0 Å². The van der Waals surface area contributed by atoms with Gasteiger partial charge in [0.2, 0.25) is 0 Å². The maximum absolute atomic E-state index is 4.37. The van der Waals surface area contributed by atoms with E-state index in [-0.39, 0.29) is 18.9 Å². The summed E-state index contributed by atoms with van der Waals surface area (Å²) in [6.07, 6.45) is 0. The smallest absolute Gasteiger partial charge is 0.662 e. The predicted molar refractivity (Wildman–Crippen MR) is 42.8 cm³/mol. The second-order valence-corrected chi connectivity index (χ2v) is 3.38. The summed E-state index contributed by atoms with van der Waals surface area (Å²) >= 11 is 0.